The van der Waals surface area contributed by atoms with Gasteiger partial charge in [-0.3, -0.25) is 0 Å². The van der Waals surface area contributed by atoms with Gasteiger partial charge in [0.1, 0.15) is 16.8 Å². The molecule has 0 saturated carbocycles. The fraction of sp³-hybridized carbons (Fsp3) is 0.0667. The quantitative estimate of drug-likeness (QED) is 0.761. The normalized spacial score (nSPS) is 11.5. The Balaban J connectivity index is 2.07. The number of carbonyl (C=O) groups excluding carboxylic acids is 1. The Morgan fingerprint density at radius 3 is 2.48 bits per heavy atom. The first-order valence-electron chi connectivity index (χ1n) is 6.23. The van der Waals surface area contributed by atoms with Crippen molar-refractivity contribution >= 4 is 28.9 Å². The van der Waals surface area contributed by atoms with Gasteiger partial charge in [0.15, 0.2) is 0 Å². The second-order valence-corrected chi connectivity index (χ2v) is 4.83. The van der Waals surface area contributed by atoms with E-state index in [1.807, 2.05) is 30.3 Å². The Labute approximate surface area is 127 Å². The highest BCUT2D eigenvalue weighted by Crippen LogP contribution is 2.14. The van der Waals surface area contributed by atoms with Gasteiger partial charge >= 0.3 is 6.03 Å². The number of thiocarbonyl (C=S) groups is 1. The molecule has 1 atom stereocenters. The molecule has 108 valence electrons. The minimum Gasteiger partial charge on any atom is -0.391 e. The molecule has 6 heteroatoms. The van der Waals surface area contributed by atoms with Gasteiger partial charge in [0.25, 0.3) is 0 Å². The predicted molar refractivity (Wildman–Crippen MR) is 84.5 cm³/mol. The monoisotopic (exact) mass is 303 g/mol. The summed E-state index contributed by atoms with van der Waals surface area (Å²) >= 11 is 4.98. The smallest absolute Gasteiger partial charge is 0.320 e. The molecule has 2 rings (SSSR count). The highest BCUT2D eigenvalue weighted by Gasteiger charge is 2.17. The third kappa shape index (κ3) is 4.25. The van der Waals surface area contributed by atoms with E-state index in [1.54, 1.807) is 6.07 Å². The summed E-state index contributed by atoms with van der Waals surface area (Å²) in [6.07, 6.45) is 0. The largest absolute Gasteiger partial charge is 0.391 e. The van der Waals surface area contributed by atoms with E-state index in [2.05, 4.69) is 10.6 Å². The SMILES string of the molecule is NC(=S)C(NC(=O)Nc1cccc(F)c1)c1ccccc1. The van der Waals surface area contributed by atoms with Crippen molar-refractivity contribution in [3.05, 3.63) is 66.0 Å². The van der Waals surface area contributed by atoms with Gasteiger partial charge < -0.3 is 16.4 Å². The molecule has 21 heavy (non-hydrogen) atoms. The summed E-state index contributed by atoms with van der Waals surface area (Å²) in [7, 11) is 0. The molecule has 0 fully saturated rings. The number of anilines is 1. The maximum atomic E-state index is 13.1. The number of urea groups is 1. The Morgan fingerprint density at radius 2 is 1.86 bits per heavy atom. The zero-order valence-electron chi connectivity index (χ0n) is 11.0. The van der Waals surface area contributed by atoms with Gasteiger partial charge in [0, 0.05) is 5.69 Å². The number of carbonyl (C=O) groups is 1. The van der Waals surface area contributed by atoms with E-state index >= 15 is 0 Å². The summed E-state index contributed by atoms with van der Waals surface area (Å²) < 4.78 is 13.1. The van der Waals surface area contributed by atoms with Gasteiger partial charge in [-0.05, 0) is 23.8 Å². The number of nitrogens with two attached hydrogens (primary N) is 1. The third-order valence-electron chi connectivity index (χ3n) is 2.78. The van der Waals surface area contributed by atoms with Gasteiger partial charge in [0.2, 0.25) is 0 Å². The number of rotatable bonds is 4. The number of amides is 2. The average molecular weight is 303 g/mol. The van der Waals surface area contributed by atoms with Crippen molar-refractivity contribution in [2.24, 2.45) is 5.73 Å². The van der Waals surface area contributed by atoms with E-state index in [1.165, 1.54) is 18.2 Å². The molecule has 0 heterocycles. The van der Waals surface area contributed by atoms with Crippen molar-refractivity contribution in [3.63, 3.8) is 0 Å². The summed E-state index contributed by atoms with van der Waals surface area (Å²) in [6, 6.07) is 13.6. The van der Waals surface area contributed by atoms with E-state index in [0.717, 1.165) is 5.56 Å². The topological polar surface area (TPSA) is 67.1 Å². The minimum atomic E-state index is -0.588. The summed E-state index contributed by atoms with van der Waals surface area (Å²) in [6.45, 7) is 0. The van der Waals surface area contributed by atoms with Crippen LogP contribution >= 0.6 is 12.2 Å². The Hall–Kier alpha value is -2.47. The zero-order valence-corrected chi connectivity index (χ0v) is 11.9. The highest BCUT2D eigenvalue weighted by molar-refractivity contribution is 7.80. The van der Waals surface area contributed by atoms with Crippen LogP contribution in [0.5, 0.6) is 0 Å². The first-order chi connectivity index (χ1) is 10.1. The molecule has 2 aromatic rings. The molecular formula is C15H14FN3OS. The predicted octanol–water partition coefficient (Wildman–Crippen LogP) is 2.97. The van der Waals surface area contributed by atoms with Crippen molar-refractivity contribution in [2.75, 3.05) is 5.32 Å². The minimum absolute atomic E-state index is 0.149. The van der Waals surface area contributed by atoms with Crippen LogP contribution in [-0.4, -0.2) is 11.0 Å². The number of hydrogen-bond donors (Lipinski definition) is 3. The Kier molecular flexibility index (Phi) is 4.84. The Bertz CT molecular complexity index is 648. The van der Waals surface area contributed by atoms with Gasteiger partial charge in [-0.15, -0.1) is 0 Å². The molecule has 0 radical (unpaired) electrons. The summed E-state index contributed by atoms with van der Waals surface area (Å²) in [4.78, 5) is 12.1. The second-order valence-electron chi connectivity index (χ2n) is 4.35. The van der Waals surface area contributed by atoms with Gasteiger partial charge in [-0.1, -0.05) is 48.6 Å². The lowest BCUT2D eigenvalue weighted by Gasteiger charge is -2.18. The van der Waals surface area contributed by atoms with E-state index < -0.39 is 17.9 Å². The van der Waals surface area contributed by atoms with Crippen LogP contribution in [0.2, 0.25) is 0 Å². The van der Waals surface area contributed by atoms with Crippen LogP contribution in [0.1, 0.15) is 11.6 Å². The van der Waals surface area contributed by atoms with Crippen LogP contribution in [0.25, 0.3) is 0 Å². The molecule has 0 spiro atoms. The molecule has 0 aliphatic carbocycles. The molecule has 2 amide bonds. The molecule has 0 bridgehead atoms. The van der Waals surface area contributed by atoms with Gasteiger partial charge in [0.05, 0.1) is 0 Å². The zero-order chi connectivity index (χ0) is 15.2. The lowest BCUT2D eigenvalue weighted by molar-refractivity contribution is 0.251. The second kappa shape index (κ2) is 6.81. The van der Waals surface area contributed by atoms with Crippen LogP contribution in [-0.2, 0) is 0 Å². The molecule has 0 saturated heterocycles. The van der Waals surface area contributed by atoms with Gasteiger partial charge in [-0.25, -0.2) is 9.18 Å². The lowest BCUT2D eigenvalue weighted by Crippen LogP contribution is -2.38. The van der Waals surface area contributed by atoms with Crippen molar-refractivity contribution in [1.29, 1.82) is 0 Å². The molecule has 0 aromatic heterocycles. The fourth-order valence-corrected chi connectivity index (χ4v) is 2.02. The number of halogens is 1. The standard InChI is InChI=1S/C15H14FN3OS/c16-11-7-4-8-12(9-11)18-15(20)19-13(14(17)21)10-5-2-1-3-6-10/h1-9,13H,(H2,17,21)(H2,18,19,20). The Morgan fingerprint density at radius 1 is 1.14 bits per heavy atom. The molecule has 1 unspecified atom stereocenters. The van der Waals surface area contributed by atoms with Crippen LogP contribution in [0.4, 0.5) is 14.9 Å². The average Bonchev–Trinajstić information content (AvgIpc) is 2.45. The summed E-state index contributed by atoms with van der Waals surface area (Å²) in [5.41, 5.74) is 6.79. The van der Waals surface area contributed by atoms with Crippen molar-refractivity contribution in [1.82, 2.24) is 5.32 Å². The molecule has 0 aliphatic heterocycles. The van der Waals surface area contributed by atoms with Crippen molar-refractivity contribution < 1.29 is 9.18 Å². The van der Waals surface area contributed by atoms with E-state index in [9.17, 15) is 9.18 Å². The fourth-order valence-electron chi connectivity index (χ4n) is 1.83. The van der Waals surface area contributed by atoms with E-state index in [4.69, 9.17) is 18.0 Å². The number of hydrogen-bond acceptors (Lipinski definition) is 2. The van der Waals surface area contributed by atoms with Crippen LogP contribution < -0.4 is 16.4 Å². The van der Waals surface area contributed by atoms with Crippen LogP contribution in [0.15, 0.2) is 54.6 Å². The lowest BCUT2D eigenvalue weighted by atomic mass is 10.1. The van der Waals surface area contributed by atoms with Gasteiger partial charge in [-0.2, -0.15) is 0 Å². The first kappa shape index (κ1) is 14.9. The van der Waals surface area contributed by atoms with Crippen molar-refractivity contribution in [3.8, 4) is 0 Å². The number of benzene rings is 2. The maximum Gasteiger partial charge on any atom is 0.320 e. The van der Waals surface area contributed by atoms with E-state index in [0.29, 0.717) is 5.69 Å². The highest BCUT2D eigenvalue weighted by atomic mass is 32.1. The van der Waals surface area contributed by atoms with Crippen LogP contribution in [0.3, 0.4) is 0 Å². The third-order valence-corrected chi connectivity index (χ3v) is 3.01. The molecule has 4 nitrogen and oxygen atoms in total. The van der Waals surface area contributed by atoms with Crippen molar-refractivity contribution in [2.45, 2.75) is 6.04 Å². The molecule has 0 aliphatic rings. The van der Waals surface area contributed by atoms with Crippen LogP contribution in [0, 0.1) is 5.82 Å². The molecule has 4 N–H and O–H groups in total. The summed E-state index contributed by atoms with van der Waals surface area (Å²) in [5, 5.41) is 5.19. The molecular weight excluding hydrogens is 289 g/mol. The first-order valence-corrected chi connectivity index (χ1v) is 6.64. The number of nitrogens with one attached hydrogen (secondary N) is 2. The molecule has 2 aromatic carbocycles. The maximum absolute atomic E-state index is 13.1. The summed E-state index contributed by atoms with van der Waals surface area (Å²) in [5.74, 6) is -0.429. The van der Waals surface area contributed by atoms with E-state index in [-0.39, 0.29) is 4.99 Å².